The standard InChI is InChI=1S/C16H14O4/c1-11(2)15(17)19-10-20-16(18)14-9-5-7-12-6-3-4-8-13(12)14/h3-9H,1,10H2,2H3. The molecule has 102 valence electrons. The van der Waals surface area contributed by atoms with E-state index >= 15 is 0 Å². The van der Waals surface area contributed by atoms with Gasteiger partial charge in [0.25, 0.3) is 0 Å². The van der Waals surface area contributed by atoms with E-state index in [1.807, 2.05) is 30.3 Å². The van der Waals surface area contributed by atoms with Gasteiger partial charge < -0.3 is 9.47 Å². The molecule has 0 amide bonds. The fraction of sp³-hybridized carbons (Fsp3) is 0.125. The summed E-state index contributed by atoms with van der Waals surface area (Å²) in [5.41, 5.74) is 0.695. The normalized spacial score (nSPS) is 10.1. The van der Waals surface area contributed by atoms with Crippen molar-refractivity contribution in [2.75, 3.05) is 6.79 Å². The summed E-state index contributed by atoms with van der Waals surface area (Å²) in [6.45, 7) is 4.54. The van der Waals surface area contributed by atoms with Gasteiger partial charge in [-0.05, 0) is 23.8 Å². The maximum absolute atomic E-state index is 12.0. The number of carbonyl (C=O) groups is 2. The second-order valence-electron chi connectivity index (χ2n) is 4.29. The Hall–Kier alpha value is -2.62. The van der Waals surface area contributed by atoms with Crippen LogP contribution in [0.2, 0.25) is 0 Å². The lowest BCUT2D eigenvalue weighted by Gasteiger charge is -2.08. The molecule has 2 aromatic carbocycles. The largest absolute Gasteiger partial charge is 0.425 e. The van der Waals surface area contributed by atoms with E-state index in [4.69, 9.17) is 9.47 Å². The Bertz CT molecular complexity index is 668. The van der Waals surface area contributed by atoms with Crippen LogP contribution in [0.15, 0.2) is 54.6 Å². The third-order valence-corrected chi connectivity index (χ3v) is 2.74. The first-order valence-corrected chi connectivity index (χ1v) is 6.07. The van der Waals surface area contributed by atoms with Gasteiger partial charge in [-0.15, -0.1) is 0 Å². The topological polar surface area (TPSA) is 52.6 Å². The lowest BCUT2D eigenvalue weighted by Crippen LogP contribution is -2.13. The summed E-state index contributed by atoms with van der Waals surface area (Å²) in [5, 5.41) is 1.74. The molecule has 0 unspecified atom stereocenters. The van der Waals surface area contributed by atoms with Crippen LogP contribution >= 0.6 is 0 Å². The molecule has 0 heterocycles. The molecule has 0 bridgehead atoms. The molecular formula is C16H14O4. The summed E-state index contributed by atoms with van der Waals surface area (Å²) in [6, 6.07) is 12.8. The second-order valence-corrected chi connectivity index (χ2v) is 4.29. The lowest BCUT2D eigenvalue weighted by atomic mass is 10.1. The van der Waals surface area contributed by atoms with Crippen molar-refractivity contribution in [3.8, 4) is 0 Å². The van der Waals surface area contributed by atoms with E-state index in [-0.39, 0.29) is 5.57 Å². The smallest absolute Gasteiger partial charge is 0.341 e. The molecule has 2 aromatic rings. The number of hydrogen-bond donors (Lipinski definition) is 0. The van der Waals surface area contributed by atoms with Gasteiger partial charge in [0.1, 0.15) is 0 Å². The minimum Gasteiger partial charge on any atom is -0.425 e. The van der Waals surface area contributed by atoms with E-state index in [2.05, 4.69) is 6.58 Å². The predicted molar refractivity (Wildman–Crippen MR) is 75.1 cm³/mol. The zero-order valence-corrected chi connectivity index (χ0v) is 11.1. The van der Waals surface area contributed by atoms with Crippen LogP contribution in [0, 0.1) is 0 Å². The Morgan fingerprint density at radius 1 is 1.05 bits per heavy atom. The molecule has 20 heavy (non-hydrogen) atoms. The van der Waals surface area contributed by atoms with E-state index in [0.29, 0.717) is 5.56 Å². The number of benzene rings is 2. The van der Waals surface area contributed by atoms with E-state index in [9.17, 15) is 9.59 Å². The van der Waals surface area contributed by atoms with Crippen molar-refractivity contribution in [3.05, 3.63) is 60.2 Å². The van der Waals surface area contributed by atoms with Crippen LogP contribution < -0.4 is 0 Å². The van der Waals surface area contributed by atoms with Gasteiger partial charge in [-0.1, -0.05) is 43.0 Å². The highest BCUT2D eigenvalue weighted by molar-refractivity contribution is 6.04. The van der Waals surface area contributed by atoms with Crippen LogP contribution in [-0.2, 0) is 14.3 Å². The Kier molecular flexibility index (Phi) is 4.15. The van der Waals surface area contributed by atoms with Crippen molar-refractivity contribution in [1.29, 1.82) is 0 Å². The zero-order chi connectivity index (χ0) is 14.5. The van der Waals surface area contributed by atoms with Crippen LogP contribution in [0.1, 0.15) is 17.3 Å². The molecule has 4 heteroatoms. The molecule has 2 rings (SSSR count). The molecule has 0 fully saturated rings. The molecule has 0 saturated heterocycles. The zero-order valence-electron chi connectivity index (χ0n) is 11.1. The van der Waals surface area contributed by atoms with E-state index < -0.39 is 18.7 Å². The maximum atomic E-state index is 12.0. The Morgan fingerprint density at radius 2 is 1.75 bits per heavy atom. The first-order valence-electron chi connectivity index (χ1n) is 6.07. The highest BCUT2D eigenvalue weighted by atomic mass is 16.7. The van der Waals surface area contributed by atoms with Crippen molar-refractivity contribution < 1.29 is 19.1 Å². The van der Waals surface area contributed by atoms with Crippen LogP contribution in [0.4, 0.5) is 0 Å². The third-order valence-electron chi connectivity index (χ3n) is 2.74. The van der Waals surface area contributed by atoms with Gasteiger partial charge in [0.15, 0.2) is 0 Å². The fourth-order valence-corrected chi connectivity index (χ4v) is 1.74. The van der Waals surface area contributed by atoms with Gasteiger partial charge in [0.05, 0.1) is 5.56 Å². The molecule has 0 aromatic heterocycles. The van der Waals surface area contributed by atoms with Crippen molar-refractivity contribution in [1.82, 2.24) is 0 Å². The molecule has 0 spiro atoms. The summed E-state index contributed by atoms with van der Waals surface area (Å²) in [4.78, 5) is 23.1. The van der Waals surface area contributed by atoms with Crippen molar-refractivity contribution in [2.45, 2.75) is 6.92 Å². The minimum atomic E-state index is -0.587. The Morgan fingerprint density at radius 3 is 2.50 bits per heavy atom. The molecule has 0 aliphatic heterocycles. The second kappa shape index (κ2) is 6.02. The van der Waals surface area contributed by atoms with Gasteiger partial charge >= 0.3 is 11.9 Å². The lowest BCUT2D eigenvalue weighted by molar-refractivity contribution is -0.147. The number of hydrogen-bond acceptors (Lipinski definition) is 4. The highest BCUT2D eigenvalue weighted by Gasteiger charge is 2.12. The van der Waals surface area contributed by atoms with Crippen molar-refractivity contribution >= 4 is 22.7 Å². The van der Waals surface area contributed by atoms with E-state index in [0.717, 1.165) is 10.8 Å². The molecule has 0 atom stereocenters. The summed E-state index contributed by atoms with van der Waals surface area (Å²) >= 11 is 0. The molecule has 4 nitrogen and oxygen atoms in total. The van der Waals surface area contributed by atoms with Crippen LogP contribution in [0.5, 0.6) is 0 Å². The Balaban J connectivity index is 2.08. The molecular weight excluding hydrogens is 256 g/mol. The molecule has 0 N–H and O–H groups in total. The third kappa shape index (κ3) is 3.03. The molecule has 0 aliphatic rings. The first kappa shape index (κ1) is 13.8. The molecule has 0 radical (unpaired) electrons. The fourth-order valence-electron chi connectivity index (χ4n) is 1.74. The van der Waals surface area contributed by atoms with Crippen LogP contribution in [0.25, 0.3) is 10.8 Å². The van der Waals surface area contributed by atoms with Crippen LogP contribution in [0.3, 0.4) is 0 Å². The summed E-state index contributed by atoms with van der Waals surface area (Å²) < 4.78 is 9.66. The van der Waals surface area contributed by atoms with Gasteiger partial charge in [-0.2, -0.15) is 0 Å². The van der Waals surface area contributed by atoms with Gasteiger partial charge in [0.2, 0.25) is 6.79 Å². The van der Waals surface area contributed by atoms with Gasteiger partial charge in [-0.3, -0.25) is 0 Å². The number of fused-ring (bicyclic) bond motifs is 1. The monoisotopic (exact) mass is 270 g/mol. The molecule has 0 aliphatic carbocycles. The summed E-state index contributed by atoms with van der Waals surface area (Å²) in [6.07, 6.45) is 0. The van der Waals surface area contributed by atoms with Gasteiger partial charge in [0, 0.05) is 5.57 Å². The van der Waals surface area contributed by atoms with Crippen molar-refractivity contribution in [2.24, 2.45) is 0 Å². The number of ether oxygens (including phenoxy) is 2. The van der Waals surface area contributed by atoms with Crippen molar-refractivity contribution in [3.63, 3.8) is 0 Å². The van der Waals surface area contributed by atoms with Gasteiger partial charge in [-0.25, -0.2) is 9.59 Å². The quantitative estimate of drug-likeness (QED) is 0.486. The highest BCUT2D eigenvalue weighted by Crippen LogP contribution is 2.19. The number of esters is 2. The number of rotatable bonds is 4. The average molecular weight is 270 g/mol. The van der Waals surface area contributed by atoms with E-state index in [1.54, 1.807) is 12.1 Å². The summed E-state index contributed by atoms with van der Waals surface area (Å²) in [7, 11) is 0. The van der Waals surface area contributed by atoms with E-state index in [1.165, 1.54) is 6.92 Å². The average Bonchev–Trinajstić information content (AvgIpc) is 2.46. The Labute approximate surface area is 116 Å². The first-order chi connectivity index (χ1) is 9.59. The molecule has 0 saturated carbocycles. The SMILES string of the molecule is C=C(C)C(=O)OCOC(=O)c1cccc2ccccc12. The summed E-state index contributed by atoms with van der Waals surface area (Å²) in [5.74, 6) is -1.12. The maximum Gasteiger partial charge on any atom is 0.341 e. The number of carbonyl (C=O) groups excluding carboxylic acids is 2. The minimum absolute atomic E-state index is 0.256. The predicted octanol–water partition coefficient (Wildman–Crippen LogP) is 3.07. The van der Waals surface area contributed by atoms with Crippen LogP contribution in [-0.4, -0.2) is 18.7 Å².